The van der Waals surface area contributed by atoms with Gasteiger partial charge in [-0.15, -0.1) is 0 Å². The molecule has 1 saturated heterocycles. The molecule has 2 aliphatic rings. The molecule has 1 aromatic rings. The summed E-state index contributed by atoms with van der Waals surface area (Å²) in [6.07, 6.45) is 5.04. The van der Waals surface area contributed by atoms with Crippen LogP contribution in [0.15, 0.2) is 23.1 Å². The summed E-state index contributed by atoms with van der Waals surface area (Å²) in [5.41, 5.74) is 0.145. The number of piperidine rings is 1. The van der Waals surface area contributed by atoms with Crippen molar-refractivity contribution in [3.05, 3.63) is 34.2 Å². The molecule has 0 radical (unpaired) electrons. The Balaban J connectivity index is 1.54. The Kier molecular flexibility index (Phi) is 3.77. The molecule has 21 heavy (non-hydrogen) atoms. The van der Waals surface area contributed by atoms with E-state index in [-0.39, 0.29) is 29.3 Å². The van der Waals surface area contributed by atoms with Crippen molar-refractivity contribution in [2.24, 2.45) is 5.92 Å². The summed E-state index contributed by atoms with van der Waals surface area (Å²) in [5.74, 6) is 0.267. The van der Waals surface area contributed by atoms with E-state index in [0.717, 1.165) is 25.7 Å². The lowest BCUT2D eigenvalue weighted by molar-refractivity contribution is -0.123. The number of aromatic nitrogens is 1. The Bertz CT molecular complexity index is 598. The van der Waals surface area contributed by atoms with Crippen molar-refractivity contribution in [3.63, 3.8) is 0 Å². The summed E-state index contributed by atoms with van der Waals surface area (Å²) in [6.45, 7) is 1.22. The number of nitrogens with one attached hydrogen (secondary N) is 2. The number of likely N-dealkylation sites (tertiary alicyclic amines) is 1. The molecule has 3 rings (SSSR count). The number of nitrogens with zero attached hydrogens (tertiary/aromatic N) is 1. The van der Waals surface area contributed by atoms with Gasteiger partial charge < -0.3 is 15.2 Å². The first-order valence-corrected chi connectivity index (χ1v) is 7.42. The van der Waals surface area contributed by atoms with Gasteiger partial charge in [-0.1, -0.05) is 0 Å². The molecular weight excluding hydrogens is 270 g/mol. The summed E-state index contributed by atoms with van der Waals surface area (Å²) in [7, 11) is 0. The van der Waals surface area contributed by atoms with Crippen molar-refractivity contribution in [1.82, 2.24) is 15.2 Å². The summed E-state index contributed by atoms with van der Waals surface area (Å²) in [6, 6.07) is 3.11. The van der Waals surface area contributed by atoms with Crippen molar-refractivity contribution < 1.29 is 9.59 Å². The van der Waals surface area contributed by atoms with Crippen LogP contribution in [0.1, 0.15) is 36.0 Å². The van der Waals surface area contributed by atoms with E-state index in [2.05, 4.69) is 10.3 Å². The minimum absolute atomic E-state index is 0.118. The van der Waals surface area contributed by atoms with Gasteiger partial charge in [0.2, 0.25) is 11.5 Å². The molecule has 2 heterocycles. The van der Waals surface area contributed by atoms with Crippen LogP contribution in [0.5, 0.6) is 0 Å². The average molecular weight is 289 g/mol. The number of amides is 2. The number of carbonyl (C=O) groups excluding carboxylic acids is 2. The SMILES string of the molecule is O=C(NC1CCN(C(=O)c2cc[nH]c(=O)c2)CC1)C1CC1. The highest BCUT2D eigenvalue weighted by molar-refractivity contribution is 5.94. The van der Waals surface area contributed by atoms with Gasteiger partial charge in [0.1, 0.15) is 0 Å². The minimum atomic E-state index is -0.271. The van der Waals surface area contributed by atoms with E-state index in [4.69, 9.17) is 0 Å². The van der Waals surface area contributed by atoms with Gasteiger partial charge in [0.25, 0.3) is 5.91 Å². The first kappa shape index (κ1) is 13.9. The summed E-state index contributed by atoms with van der Waals surface area (Å²) < 4.78 is 0. The van der Waals surface area contributed by atoms with E-state index in [0.29, 0.717) is 18.7 Å². The van der Waals surface area contributed by atoms with Crippen molar-refractivity contribution in [2.75, 3.05) is 13.1 Å². The molecule has 6 heteroatoms. The third kappa shape index (κ3) is 3.32. The molecule has 6 nitrogen and oxygen atoms in total. The zero-order chi connectivity index (χ0) is 14.8. The van der Waals surface area contributed by atoms with Crippen LogP contribution in [0.3, 0.4) is 0 Å². The van der Waals surface area contributed by atoms with Crippen LogP contribution in [-0.4, -0.2) is 40.8 Å². The molecule has 2 fully saturated rings. The number of hydrogen-bond donors (Lipinski definition) is 2. The van der Waals surface area contributed by atoms with E-state index < -0.39 is 0 Å². The number of aromatic amines is 1. The number of rotatable bonds is 3. The van der Waals surface area contributed by atoms with Crippen LogP contribution < -0.4 is 10.9 Å². The molecule has 0 aromatic carbocycles. The lowest BCUT2D eigenvalue weighted by atomic mass is 10.0. The zero-order valence-corrected chi connectivity index (χ0v) is 11.8. The zero-order valence-electron chi connectivity index (χ0n) is 11.8. The highest BCUT2D eigenvalue weighted by atomic mass is 16.2. The molecule has 2 amide bonds. The Morgan fingerprint density at radius 3 is 2.52 bits per heavy atom. The van der Waals surface area contributed by atoms with Gasteiger partial charge in [-0.2, -0.15) is 0 Å². The molecule has 0 unspecified atom stereocenters. The second-order valence-electron chi connectivity index (χ2n) is 5.79. The lowest BCUT2D eigenvalue weighted by Crippen LogP contribution is -2.47. The van der Waals surface area contributed by atoms with E-state index in [1.54, 1.807) is 11.0 Å². The van der Waals surface area contributed by atoms with E-state index in [1.807, 2.05) is 0 Å². The highest BCUT2D eigenvalue weighted by Gasteiger charge is 2.32. The van der Waals surface area contributed by atoms with Gasteiger partial charge in [0.15, 0.2) is 0 Å². The molecule has 0 bridgehead atoms. The largest absolute Gasteiger partial charge is 0.353 e. The maximum Gasteiger partial charge on any atom is 0.254 e. The molecule has 1 saturated carbocycles. The Morgan fingerprint density at radius 1 is 1.19 bits per heavy atom. The Morgan fingerprint density at radius 2 is 1.90 bits per heavy atom. The van der Waals surface area contributed by atoms with E-state index in [1.165, 1.54) is 12.3 Å². The van der Waals surface area contributed by atoms with Crippen LogP contribution in [0.4, 0.5) is 0 Å². The predicted molar refractivity (Wildman–Crippen MR) is 76.9 cm³/mol. The Hall–Kier alpha value is -2.11. The molecule has 1 aliphatic heterocycles. The predicted octanol–water partition coefficient (Wildman–Crippen LogP) is 0.506. The van der Waals surface area contributed by atoms with Crippen molar-refractivity contribution in [2.45, 2.75) is 31.7 Å². The number of carbonyl (C=O) groups is 2. The molecule has 0 atom stereocenters. The van der Waals surface area contributed by atoms with Gasteiger partial charge in [-0.3, -0.25) is 14.4 Å². The van der Waals surface area contributed by atoms with Crippen molar-refractivity contribution in [3.8, 4) is 0 Å². The first-order chi connectivity index (χ1) is 10.1. The smallest absolute Gasteiger partial charge is 0.254 e. The van der Waals surface area contributed by atoms with Crippen LogP contribution in [0.2, 0.25) is 0 Å². The normalized spacial score (nSPS) is 19.3. The number of H-pyrrole nitrogens is 1. The molecule has 0 spiro atoms. The highest BCUT2D eigenvalue weighted by Crippen LogP contribution is 2.29. The summed E-state index contributed by atoms with van der Waals surface area (Å²) in [5, 5.41) is 3.06. The molecule has 1 aliphatic carbocycles. The fraction of sp³-hybridized carbons (Fsp3) is 0.533. The third-order valence-corrected chi connectivity index (χ3v) is 4.10. The van der Waals surface area contributed by atoms with Crippen molar-refractivity contribution in [1.29, 1.82) is 0 Å². The summed E-state index contributed by atoms with van der Waals surface area (Å²) in [4.78, 5) is 39.5. The van der Waals surface area contributed by atoms with Crippen LogP contribution in [-0.2, 0) is 4.79 Å². The second kappa shape index (κ2) is 5.71. The van der Waals surface area contributed by atoms with Gasteiger partial charge in [0, 0.05) is 42.9 Å². The molecule has 112 valence electrons. The maximum atomic E-state index is 12.3. The lowest BCUT2D eigenvalue weighted by Gasteiger charge is -2.32. The standard InChI is InChI=1S/C15H19N3O3/c19-13-9-11(3-6-16-13)15(21)18-7-4-12(5-8-18)17-14(20)10-1-2-10/h3,6,9-10,12H,1-2,4-5,7-8H2,(H,16,19)(H,17,20). The van der Waals surface area contributed by atoms with Gasteiger partial charge in [-0.25, -0.2) is 0 Å². The van der Waals surface area contributed by atoms with Crippen LogP contribution >= 0.6 is 0 Å². The molecular formula is C15H19N3O3. The average Bonchev–Trinajstić information content (AvgIpc) is 3.32. The quantitative estimate of drug-likeness (QED) is 0.850. The van der Waals surface area contributed by atoms with Gasteiger partial charge in [-0.05, 0) is 31.7 Å². The van der Waals surface area contributed by atoms with Crippen LogP contribution in [0.25, 0.3) is 0 Å². The summed E-state index contributed by atoms with van der Waals surface area (Å²) >= 11 is 0. The first-order valence-electron chi connectivity index (χ1n) is 7.42. The Labute approximate surface area is 122 Å². The minimum Gasteiger partial charge on any atom is -0.353 e. The van der Waals surface area contributed by atoms with Crippen molar-refractivity contribution >= 4 is 11.8 Å². The second-order valence-corrected chi connectivity index (χ2v) is 5.79. The third-order valence-electron chi connectivity index (χ3n) is 4.10. The van der Waals surface area contributed by atoms with Gasteiger partial charge in [0.05, 0.1) is 0 Å². The van der Waals surface area contributed by atoms with E-state index in [9.17, 15) is 14.4 Å². The number of hydrogen-bond acceptors (Lipinski definition) is 3. The fourth-order valence-corrected chi connectivity index (χ4v) is 2.65. The molecule has 2 N–H and O–H groups in total. The van der Waals surface area contributed by atoms with E-state index >= 15 is 0 Å². The monoisotopic (exact) mass is 289 g/mol. The topological polar surface area (TPSA) is 82.3 Å². The van der Waals surface area contributed by atoms with Crippen LogP contribution in [0, 0.1) is 5.92 Å². The van der Waals surface area contributed by atoms with Gasteiger partial charge >= 0.3 is 0 Å². The fourth-order valence-electron chi connectivity index (χ4n) is 2.65. The number of pyridine rings is 1. The maximum absolute atomic E-state index is 12.3. The molecule has 1 aromatic heterocycles.